The van der Waals surface area contributed by atoms with E-state index in [1.54, 1.807) is 17.8 Å². The van der Waals surface area contributed by atoms with Gasteiger partial charge in [0.25, 0.3) is 0 Å². The zero-order valence-corrected chi connectivity index (χ0v) is 14.1. The third kappa shape index (κ3) is 2.66. The molecule has 0 spiro atoms. The van der Waals surface area contributed by atoms with Gasteiger partial charge < -0.3 is 10.5 Å². The minimum absolute atomic E-state index is 0.188. The van der Waals surface area contributed by atoms with E-state index in [2.05, 4.69) is 9.97 Å². The van der Waals surface area contributed by atoms with E-state index in [1.165, 1.54) is 0 Å². The standard InChI is InChI=1S/C18H14ClN5O/c1-25-15-6-5-11(10-12(15)20)17-16(13-7-8-21-18(19)22-13)14-4-2-3-9-24(14)23-17/h2-10H,20H2,1H3. The summed E-state index contributed by atoms with van der Waals surface area (Å²) in [6, 6.07) is 13.3. The summed E-state index contributed by atoms with van der Waals surface area (Å²) in [5, 5.41) is 4.89. The number of aromatic nitrogens is 4. The quantitative estimate of drug-likeness (QED) is 0.449. The molecule has 1 aromatic carbocycles. The number of halogens is 1. The molecule has 3 heterocycles. The predicted octanol–water partition coefficient (Wildman–Crippen LogP) is 3.70. The molecule has 25 heavy (non-hydrogen) atoms. The molecule has 124 valence electrons. The Hall–Kier alpha value is -3.12. The molecular weight excluding hydrogens is 338 g/mol. The molecule has 0 fully saturated rings. The Bertz CT molecular complexity index is 1080. The highest BCUT2D eigenvalue weighted by molar-refractivity contribution is 6.28. The van der Waals surface area contributed by atoms with Crippen LogP contribution in [0, 0.1) is 0 Å². The van der Waals surface area contributed by atoms with Crippen LogP contribution >= 0.6 is 11.6 Å². The van der Waals surface area contributed by atoms with E-state index in [9.17, 15) is 0 Å². The molecule has 0 amide bonds. The van der Waals surface area contributed by atoms with Crippen molar-refractivity contribution in [3.63, 3.8) is 0 Å². The van der Waals surface area contributed by atoms with Crippen molar-refractivity contribution < 1.29 is 4.74 Å². The average Bonchev–Trinajstić information content (AvgIpc) is 3.01. The number of nitrogens with zero attached hydrogens (tertiary/aromatic N) is 4. The Morgan fingerprint density at radius 2 is 2.04 bits per heavy atom. The van der Waals surface area contributed by atoms with Crippen LogP contribution in [0.4, 0.5) is 5.69 Å². The van der Waals surface area contributed by atoms with Gasteiger partial charge in [0.1, 0.15) is 11.4 Å². The number of ether oxygens (including phenoxy) is 1. The Morgan fingerprint density at radius 1 is 1.16 bits per heavy atom. The second-order valence-electron chi connectivity index (χ2n) is 5.42. The van der Waals surface area contributed by atoms with Gasteiger partial charge in [0, 0.05) is 18.0 Å². The highest BCUT2D eigenvalue weighted by Crippen LogP contribution is 2.36. The number of benzene rings is 1. The highest BCUT2D eigenvalue weighted by atomic mass is 35.5. The number of pyridine rings is 1. The molecule has 0 aliphatic heterocycles. The first-order valence-electron chi connectivity index (χ1n) is 7.57. The minimum atomic E-state index is 0.188. The lowest BCUT2D eigenvalue weighted by molar-refractivity contribution is 0.417. The molecular formula is C18H14ClN5O. The van der Waals surface area contributed by atoms with Gasteiger partial charge in [-0.25, -0.2) is 14.5 Å². The molecule has 0 aliphatic carbocycles. The fourth-order valence-electron chi connectivity index (χ4n) is 2.81. The van der Waals surface area contributed by atoms with Gasteiger partial charge in [-0.2, -0.15) is 5.10 Å². The summed E-state index contributed by atoms with van der Waals surface area (Å²) in [7, 11) is 1.59. The average molecular weight is 352 g/mol. The van der Waals surface area contributed by atoms with Crippen molar-refractivity contribution in [1.29, 1.82) is 0 Å². The lowest BCUT2D eigenvalue weighted by atomic mass is 10.0. The molecule has 0 saturated heterocycles. The molecule has 0 aliphatic rings. The Balaban J connectivity index is 2.01. The Morgan fingerprint density at radius 3 is 2.80 bits per heavy atom. The van der Waals surface area contributed by atoms with E-state index in [4.69, 9.17) is 27.2 Å². The van der Waals surface area contributed by atoms with Crippen molar-refractivity contribution in [3.8, 4) is 28.3 Å². The maximum absolute atomic E-state index is 6.07. The summed E-state index contributed by atoms with van der Waals surface area (Å²) in [5.41, 5.74) is 10.7. The van der Waals surface area contributed by atoms with Gasteiger partial charge in [-0.1, -0.05) is 6.07 Å². The van der Waals surface area contributed by atoms with Gasteiger partial charge in [-0.15, -0.1) is 0 Å². The first-order valence-corrected chi connectivity index (χ1v) is 7.95. The van der Waals surface area contributed by atoms with E-state index in [-0.39, 0.29) is 5.28 Å². The first kappa shape index (κ1) is 15.4. The van der Waals surface area contributed by atoms with Crippen LogP contribution in [0.25, 0.3) is 28.0 Å². The van der Waals surface area contributed by atoms with E-state index < -0.39 is 0 Å². The number of hydrogen-bond donors (Lipinski definition) is 1. The zero-order valence-electron chi connectivity index (χ0n) is 13.3. The molecule has 0 saturated carbocycles. The summed E-state index contributed by atoms with van der Waals surface area (Å²) < 4.78 is 7.04. The van der Waals surface area contributed by atoms with E-state index >= 15 is 0 Å². The van der Waals surface area contributed by atoms with Crippen molar-refractivity contribution in [2.45, 2.75) is 0 Å². The summed E-state index contributed by atoms with van der Waals surface area (Å²) in [4.78, 5) is 8.31. The van der Waals surface area contributed by atoms with Crippen LogP contribution in [-0.4, -0.2) is 26.7 Å². The van der Waals surface area contributed by atoms with E-state index in [0.717, 1.165) is 22.3 Å². The van der Waals surface area contributed by atoms with E-state index in [1.807, 2.05) is 48.7 Å². The number of fused-ring (bicyclic) bond motifs is 1. The second-order valence-corrected chi connectivity index (χ2v) is 5.76. The minimum Gasteiger partial charge on any atom is -0.495 e. The van der Waals surface area contributed by atoms with Crippen LogP contribution in [0.15, 0.2) is 54.9 Å². The lowest BCUT2D eigenvalue weighted by Crippen LogP contribution is -1.94. The summed E-state index contributed by atoms with van der Waals surface area (Å²) in [5.74, 6) is 0.624. The van der Waals surface area contributed by atoms with Crippen LogP contribution in [0.3, 0.4) is 0 Å². The molecule has 0 atom stereocenters. The van der Waals surface area contributed by atoms with Gasteiger partial charge in [0.05, 0.1) is 29.6 Å². The molecule has 3 aromatic heterocycles. The predicted molar refractivity (Wildman–Crippen MR) is 97.6 cm³/mol. The Labute approximate surface area is 148 Å². The summed E-state index contributed by atoms with van der Waals surface area (Å²) in [6.45, 7) is 0. The Kier molecular flexibility index (Phi) is 3.74. The van der Waals surface area contributed by atoms with Gasteiger partial charge in [0.15, 0.2) is 0 Å². The normalized spacial score (nSPS) is 11.0. The smallest absolute Gasteiger partial charge is 0.222 e. The maximum Gasteiger partial charge on any atom is 0.222 e. The number of anilines is 1. The lowest BCUT2D eigenvalue weighted by Gasteiger charge is -2.07. The van der Waals surface area contributed by atoms with Crippen molar-refractivity contribution in [3.05, 3.63) is 60.1 Å². The maximum atomic E-state index is 6.07. The van der Waals surface area contributed by atoms with Gasteiger partial charge >= 0.3 is 0 Å². The van der Waals surface area contributed by atoms with Gasteiger partial charge in [-0.3, -0.25) is 0 Å². The molecule has 2 N–H and O–H groups in total. The third-order valence-corrected chi connectivity index (χ3v) is 4.11. The summed E-state index contributed by atoms with van der Waals surface area (Å²) >= 11 is 5.99. The van der Waals surface area contributed by atoms with Crippen molar-refractivity contribution in [2.24, 2.45) is 0 Å². The van der Waals surface area contributed by atoms with E-state index in [0.29, 0.717) is 17.1 Å². The first-order chi connectivity index (χ1) is 12.2. The molecule has 0 unspecified atom stereocenters. The van der Waals surface area contributed by atoms with Crippen LogP contribution in [0.1, 0.15) is 0 Å². The molecule has 0 radical (unpaired) electrons. The number of nitrogen functional groups attached to an aromatic ring is 1. The molecule has 0 bridgehead atoms. The molecule has 4 aromatic rings. The van der Waals surface area contributed by atoms with Crippen LogP contribution < -0.4 is 10.5 Å². The highest BCUT2D eigenvalue weighted by Gasteiger charge is 2.18. The fourth-order valence-corrected chi connectivity index (χ4v) is 2.96. The van der Waals surface area contributed by atoms with Crippen molar-refractivity contribution in [2.75, 3.05) is 12.8 Å². The number of rotatable bonds is 3. The van der Waals surface area contributed by atoms with Crippen LogP contribution in [0.2, 0.25) is 5.28 Å². The molecule has 6 nitrogen and oxygen atoms in total. The van der Waals surface area contributed by atoms with Gasteiger partial charge in [-0.05, 0) is 48.0 Å². The topological polar surface area (TPSA) is 78.3 Å². The van der Waals surface area contributed by atoms with Gasteiger partial charge in [0.2, 0.25) is 5.28 Å². The number of hydrogen-bond acceptors (Lipinski definition) is 5. The zero-order chi connectivity index (χ0) is 17.4. The van der Waals surface area contributed by atoms with Crippen molar-refractivity contribution >= 4 is 22.8 Å². The second kappa shape index (κ2) is 6.07. The van der Waals surface area contributed by atoms with Crippen LogP contribution in [0.5, 0.6) is 5.75 Å². The molecule has 7 heteroatoms. The number of methoxy groups -OCH3 is 1. The third-order valence-electron chi connectivity index (χ3n) is 3.93. The fraction of sp³-hybridized carbons (Fsp3) is 0.0556. The SMILES string of the molecule is COc1ccc(-c2nn3ccccc3c2-c2ccnc(Cl)n2)cc1N. The number of nitrogens with two attached hydrogens (primary N) is 1. The van der Waals surface area contributed by atoms with Crippen LogP contribution in [-0.2, 0) is 0 Å². The molecule has 4 rings (SSSR count). The summed E-state index contributed by atoms with van der Waals surface area (Å²) in [6.07, 6.45) is 3.52. The monoisotopic (exact) mass is 351 g/mol. The van der Waals surface area contributed by atoms with Crippen molar-refractivity contribution in [1.82, 2.24) is 19.6 Å². The largest absolute Gasteiger partial charge is 0.495 e.